The molecule has 0 fully saturated rings. The number of hydrogen-bond donors (Lipinski definition) is 0. The largest absolute Gasteiger partial charge is 0.496 e. The van der Waals surface area contributed by atoms with Crippen LogP contribution in [0.2, 0.25) is 0 Å². The Morgan fingerprint density at radius 3 is 2.06 bits per heavy atom. The van der Waals surface area contributed by atoms with Crippen molar-refractivity contribution in [2.75, 3.05) is 21.3 Å². The summed E-state index contributed by atoms with van der Waals surface area (Å²) >= 11 is 0. The van der Waals surface area contributed by atoms with Crippen molar-refractivity contribution in [1.82, 2.24) is 0 Å². The van der Waals surface area contributed by atoms with E-state index in [4.69, 9.17) is 18.9 Å². The molecule has 0 saturated heterocycles. The number of benzene rings is 2. The van der Waals surface area contributed by atoms with Gasteiger partial charge in [0.2, 0.25) is 0 Å². The van der Waals surface area contributed by atoms with Gasteiger partial charge in [0.15, 0.2) is 11.2 Å². The molecule has 6 nitrogen and oxygen atoms in total. The summed E-state index contributed by atoms with van der Waals surface area (Å²) in [5.74, 6) is -0.626. The molecule has 180 valence electrons. The first-order chi connectivity index (χ1) is 17.0. The number of ether oxygens (including phenoxy) is 4. The van der Waals surface area contributed by atoms with Gasteiger partial charge in [0.05, 0.1) is 32.5 Å². The van der Waals surface area contributed by atoms with Crippen LogP contribution in [0.5, 0.6) is 0 Å². The zero-order valence-corrected chi connectivity index (χ0v) is 20.3. The van der Waals surface area contributed by atoms with Crippen molar-refractivity contribution in [3.8, 4) is 0 Å². The Labute approximate surface area is 204 Å². The predicted octanol–water partition coefficient (Wildman–Crippen LogP) is 4.84. The van der Waals surface area contributed by atoms with E-state index in [-0.39, 0.29) is 11.1 Å². The number of rotatable bonds is 6. The fraction of sp³-hybridized carbons (Fsp3) is 0.310. The fourth-order valence-electron chi connectivity index (χ4n) is 5.92. The molecular weight excluding hydrogens is 444 g/mol. The zero-order valence-electron chi connectivity index (χ0n) is 20.3. The molecule has 2 aromatic carbocycles. The van der Waals surface area contributed by atoms with E-state index < -0.39 is 23.1 Å². The summed E-state index contributed by atoms with van der Waals surface area (Å²) in [4.78, 5) is 27.0. The summed E-state index contributed by atoms with van der Waals surface area (Å²) in [7, 11) is 4.23. The summed E-state index contributed by atoms with van der Waals surface area (Å²) in [6.45, 7) is 1.90. The molecule has 1 aliphatic carbocycles. The Morgan fingerprint density at radius 2 is 1.46 bits per heavy atom. The minimum Gasteiger partial charge on any atom is -0.496 e. The van der Waals surface area contributed by atoms with E-state index in [0.717, 1.165) is 41.5 Å². The van der Waals surface area contributed by atoms with Gasteiger partial charge in [0.1, 0.15) is 5.76 Å². The van der Waals surface area contributed by atoms with Crippen LogP contribution < -0.4 is 0 Å². The second-order valence-corrected chi connectivity index (χ2v) is 8.89. The number of carbonyl (C=O) groups is 2. The van der Waals surface area contributed by atoms with Gasteiger partial charge in [-0.05, 0) is 48.4 Å². The smallest absolute Gasteiger partial charge is 0.338 e. The van der Waals surface area contributed by atoms with Gasteiger partial charge >= 0.3 is 11.9 Å². The number of carbonyl (C=O) groups excluding carboxylic acids is 2. The molecule has 2 bridgehead atoms. The molecule has 2 aliphatic heterocycles. The van der Waals surface area contributed by atoms with Crippen LogP contribution in [0.4, 0.5) is 0 Å². The topological polar surface area (TPSA) is 71.1 Å². The highest BCUT2D eigenvalue weighted by Crippen LogP contribution is 2.66. The molecule has 3 aliphatic rings. The summed E-state index contributed by atoms with van der Waals surface area (Å²) in [5, 5.41) is 0. The minimum atomic E-state index is -1.39. The first-order valence-corrected chi connectivity index (χ1v) is 11.7. The Hall–Kier alpha value is -3.64. The van der Waals surface area contributed by atoms with E-state index >= 15 is 0 Å². The van der Waals surface area contributed by atoms with Crippen LogP contribution in [0.1, 0.15) is 42.9 Å². The van der Waals surface area contributed by atoms with Crippen molar-refractivity contribution in [2.24, 2.45) is 0 Å². The summed E-state index contributed by atoms with van der Waals surface area (Å²) in [5.41, 5.74) is 1.56. The Balaban J connectivity index is 1.95. The maximum Gasteiger partial charge on any atom is 0.338 e. The van der Waals surface area contributed by atoms with Gasteiger partial charge in [0, 0.05) is 5.57 Å². The molecule has 2 unspecified atom stereocenters. The van der Waals surface area contributed by atoms with Gasteiger partial charge < -0.3 is 18.9 Å². The molecule has 2 heterocycles. The van der Waals surface area contributed by atoms with E-state index in [1.807, 2.05) is 61.5 Å². The van der Waals surface area contributed by atoms with E-state index in [2.05, 4.69) is 6.08 Å². The lowest BCUT2D eigenvalue weighted by Gasteiger charge is -2.32. The van der Waals surface area contributed by atoms with Gasteiger partial charge in [-0.15, -0.1) is 0 Å². The van der Waals surface area contributed by atoms with Crippen molar-refractivity contribution >= 4 is 11.9 Å². The highest BCUT2D eigenvalue weighted by molar-refractivity contribution is 6.07. The van der Waals surface area contributed by atoms with E-state index in [9.17, 15) is 9.59 Å². The number of fused-ring (bicyclic) bond motifs is 5. The summed E-state index contributed by atoms with van der Waals surface area (Å²) < 4.78 is 23.5. The lowest BCUT2D eigenvalue weighted by molar-refractivity contribution is -0.139. The zero-order chi connectivity index (χ0) is 24.8. The SMILES string of the molecule is COC(=O)C1=C(C(=O)OC)C2(c3ccccc3)OC1(/C(C)=C(\OC)C1=CCCC1)c1ccccc12. The Morgan fingerprint density at radius 1 is 0.829 bits per heavy atom. The van der Waals surface area contributed by atoms with Gasteiger partial charge in [-0.25, -0.2) is 9.59 Å². The lowest BCUT2D eigenvalue weighted by Crippen LogP contribution is -2.35. The maximum atomic E-state index is 13.5. The highest BCUT2D eigenvalue weighted by atomic mass is 16.6. The van der Waals surface area contributed by atoms with Crippen LogP contribution in [-0.4, -0.2) is 33.3 Å². The molecule has 35 heavy (non-hydrogen) atoms. The molecule has 0 amide bonds. The van der Waals surface area contributed by atoms with E-state index in [0.29, 0.717) is 11.3 Å². The maximum absolute atomic E-state index is 13.5. The summed E-state index contributed by atoms with van der Waals surface area (Å²) in [6.07, 6.45) is 5.01. The van der Waals surface area contributed by atoms with E-state index in [1.54, 1.807) is 7.11 Å². The molecule has 5 rings (SSSR count). The third-order valence-electron chi connectivity index (χ3n) is 7.31. The molecule has 2 aromatic rings. The average Bonchev–Trinajstić information content (AvgIpc) is 3.62. The molecular formula is C29H28O6. The normalized spacial score (nSPS) is 25.1. The fourth-order valence-corrected chi connectivity index (χ4v) is 5.92. The van der Waals surface area contributed by atoms with Crippen molar-refractivity contribution < 1.29 is 28.5 Å². The molecule has 0 spiro atoms. The van der Waals surface area contributed by atoms with Crippen LogP contribution in [0.3, 0.4) is 0 Å². The highest BCUT2D eigenvalue weighted by Gasteiger charge is 2.69. The summed E-state index contributed by atoms with van der Waals surface area (Å²) in [6, 6.07) is 17.1. The molecule has 2 atom stereocenters. The van der Waals surface area contributed by atoms with Gasteiger partial charge in [-0.3, -0.25) is 0 Å². The van der Waals surface area contributed by atoms with Crippen molar-refractivity contribution in [1.29, 1.82) is 0 Å². The number of esters is 2. The molecule has 6 heteroatoms. The van der Waals surface area contributed by atoms with Crippen molar-refractivity contribution in [3.05, 3.63) is 105 Å². The third kappa shape index (κ3) is 2.99. The Kier molecular flexibility index (Phi) is 5.64. The molecule has 0 saturated carbocycles. The van der Waals surface area contributed by atoms with Crippen LogP contribution in [0.15, 0.2) is 88.7 Å². The standard InChI is InChI=1S/C29H28O6/c1-18(25(32-2)19-12-8-9-13-19)28-21-16-10-11-17-22(21)29(35-28,20-14-6-5-7-15-20)24(27(31)34-4)23(28)26(30)33-3/h5-7,10-12,14-17H,8-9,13H2,1-4H3/b25-18-. The van der Waals surface area contributed by atoms with Crippen LogP contribution in [-0.2, 0) is 39.7 Å². The Bertz CT molecular complexity index is 1300. The minimum absolute atomic E-state index is 0.125. The predicted molar refractivity (Wildman–Crippen MR) is 129 cm³/mol. The van der Waals surface area contributed by atoms with Crippen molar-refractivity contribution in [2.45, 2.75) is 37.4 Å². The third-order valence-corrected chi connectivity index (χ3v) is 7.31. The lowest BCUT2D eigenvalue weighted by atomic mass is 9.67. The van der Waals surface area contributed by atoms with Crippen LogP contribution in [0, 0.1) is 0 Å². The first-order valence-electron chi connectivity index (χ1n) is 11.7. The molecule has 0 radical (unpaired) electrons. The number of methoxy groups -OCH3 is 3. The van der Waals surface area contributed by atoms with Crippen LogP contribution >= 0.6 is 0 Å². The monoisotopic (exact) mass is 472 g/mol. The number of allylic oxidation sites excluding steroid dienone is 2. The second kappa shape index (κ2) is 8.54. The number of hydrogen-bond acceptors (Lipinski definition) is 6. The second-order valence-electron chi connectivity index (χ2n) is 8.89. The molecule has 0 N–H and O–H groups in total. The van der Waals surface area contributed by atoms with Gasteiger partial charge in [-0.2, -0.15) is 0 Å². The van der Waals surface area contributed by atoms with Gasteiger partial charge in [0.25, 0.3) is 0 Å². The first kappa shape index (κ1) is 23.1. The quantitative estimate of drug-likeness (QED) is 0.443. The van der Waals surface area contributed by atoms with E-state index in [1.165, 1.54) is 14.2 Å². The van der Waals surface area contributed by atoms with Crippen LogP contribution in [0.25, 0.3) is 0 Å². The molecule has 0 aromatic heterocycles. The van der Waals surface area contributed by atoms with Crippen molar-refractivity contribution in [3.63, 3.8) is 0 Å². The van der Waals surface area contributed by atoms with Gasteiger partial charge in [-0.1, -0.05) is 60.7 Å². The average molecular weight is 473 g/mol.